The number of aromatic hydroxyl groups is 2. The van der Waals surface area contributed by atoms with E-state index in [1.54, 1.807) is 60.7 Å². The molecule has 128 valence electrons. The Bertz CT molecular complexity index is 795. The monoisotopic (exact) mass is 434 g/mol. The summed E-state index contributed by atoms with van der Waals surface area (Å²) in [6.07, 6.45) is 0. The van der Waals surface area contributed by atoms with Crippen LogP contribution in [0.1, 0.15) is 0 Å². The summed E-state index contributed by atoms with van der Waals surface area (Å²) < 4.78 is 0. The maximum Gasteiger partial charge on any atom is 0 e. The van der Waals surface area contributed by atoms with E-state index >= 15 is 0 Å². The molecule has 3 aromatic rings. The van der Waals surface area contributed by atoms with Crippen molar-refractivity contribution >= 4 is 23.0 Å². The molecular weight excluding hydrogens is 418 g/mol. The topological polar surface area (TPSA) is 80.9 Å². The second kappa shape index (κ2) is 6.64. The van der Waals surface area contributed by atoms with Gasteiger partial charge in [-0.05, 0) is 0 Å². The zero-order valence-electron chi connectivity index (χ0n) is 12.6. The number of hydrogen-bond acceptors (Lipinski definition) is 4. The molecule has 3 aromatic carbocycles. The van der Waals surface area contributed by atoms with Crippen LogP contribution in [0.4, 0.5) is 0 Å². The largest absolute Gasteiger partial charge is 0 e. The predicted octanol–water partition coefficient (Wildman–Crippen LogP) is 1.74. The fraction of sp³-hybridized carbons (Fsp3) is 0. The Balaban J connectivity index is 0.00000208. The van der Waals surface area contributed by atoms with Crippen LogP contribution in [-0.4, -0.2) is 20.0 Å². The van der Waals surface area contributed by atoms with Gasteiger partial charge in [-0.25, -0.2) is 0 Å². The van der Waals surface area contributed by atoms with Gasteiger partial charge in [-0.2, -0.15) is 0 Å². The van der Waals surface area contributed by atoms with Gasteiger partial charge < -0.3 is 0 Å². The summed E-state index contributed by atoms with van der Waals surface area (Å²) in [6.45, 7) is 0. The normalized spacial score (nSPS) is 12.7. The fourth-order valence-corrected chi connectivity index (χ4v) is 5.92. The first-order chi connectivity index (χ1) is 10.9. The minimum Gasteiger partial charge on any atom is 0 e. The number of rotatable bonds is 3. The van der Waals surface area contributed by atoms with Crippen LogP contribution in [0, 0.1) is 0 Å². The summed E-state index contributed by atoms with van der Waals surface area (Å²) in [6, 6.07) is 21.0. The smallest absolute Gasteiger partial charge is 0 e. The first kappa shape index (κ1) is 18.6. The number of para-hydroxylation sites is 1. The zero-order valence-corrected chi connectivity index (χ0v) is 15.0. The minimum absolute atomic E-state index is 0. The molecule has 0 fully saturated rings. The molecule has 6 heteroatoms. The van der Waals surface area contributed by atoms with E-state index in [0.29, 0.717) is 0 Å². The molecule has 0 amide bonds. The fourth-order valence-electron chi connectivity index (χ4n) is 2.71. The molecule has 0 aromatic heterocycles. The van der Waals surface area contributed by atoms with Gasteiger partial charge in [0.05, 0.1) is 0 Å². The van der Waals surface area contributed by atoms with E-state index in [4.69, 9.17) is 0 Å². The van der Waals surface area contributed by atoms with E-state index in [1.165, 1.54) is 18.2 Å². The molecule has 0 heterocycles. The second-order valence-electron chi connectivity index (χ2n) is 5.34. The zero-order chi connectivity index (χ0) is 16.5. The maximum absolute atomic E-state index is 11.6. The van der Waals surface area contributed by atoms with Gasteiger partial charge in [0.2, 0.25) is 0 Å². The predicted molar refractivity (Wildman–Crippen MR) is 92.9 cm³/mol. The third kappa shape index (κ3) is 2.76. The summed E-state index contributed by atoms with van der Waals surface area (Å²) in [5, 5.41) is 20.6. The van der Waals surface area contributed by atoms with Gasteiger partial charge in [0.1, 0.15) is 0 Å². The minimum atomic E-state index is -4.87. The van der Waals surface area contributed by atoms with Gasteiger partial charge in [0.25, 0.3) is 0 Å². The van der Waals surface area contributed by atoms with Crippen LogP contribution in [0.2, 0.25) is 0 Å². The standard InChI is InChI=1S/C18H17O4P.Pd/c19-16-12-7-13-17(18(16)20)23(21,22,14-8-3-1-4-9-14)15-10-5-2-6-11-15;/h1-13,19-22H;. The molecule has 0 atom stereocenters. The molecule has 0 unspecified atom stereocenters. The number of benzene rings is 3. The van der Waals surface area contributed by atoms with Crippen molar-refractivity contribution in [3.8, 4) is 11.5 Å². The van der Waals surface area contributed by atoms with Crippen LogP contribution in [0.15, 0.2) is 78.9 Å². The molecule has 0 saturated heterocycles. The third-order valence-electron chi connectivity index (χ3n) is 3.94. The van der Waals surface area contributed by atoms with E-state index < -0.39 is 18.6 Å². The van der Waals surface area contributed by atoms with Gasteiger partial charge in [-0.15, -0.1) is 0 Å². The Labute approximate surface area is 153 Å². The quantitative estimate of drug-likeness (QED) is 0.288. The Kier molecular flexibility index (Phi) is 5.15. The molecule has 0 aliphatic rings. The van der Waals surface area contributed by atoms with Crippen molar-refractivity contribution in [3.05, 3.63) is 78.9 Å². The molecular formula is C18H17O4PPd. The SMILES string of the molecule is Oc1cccc(P(O)(O)(c2ccccc2)c2ccccc2)c1O.[Pd]. The van der Waals surface area contributed by atoms with E-state index in [0.717, 1.165) is 0 Å². The summed E-state index contributed by atoms with van der Waals surface area (Å²) in [7, 11) is -4.87. The molecule has 0 spiro atoms. The van der Waals surface area contributed by atoms with Crippen LogP contribution in [-0.2, 0) is 20.4 Å². The summed E-state index contributed by atoms with van der Waals surface area (Å²) in [5.41, 5.74) is 0. The Hall–Kier alpha value is -1.73. The van der Waals surface area contributed by atoms with Gasteiger partial charge >= 0.3 is 133 Å². The van der Waals surface area contributed by atoms with Gasteiger partial charge in [-0.3, -0.25) is 0 Å². The number of phenolic OH excluding ortho intramolecular Hbond substituents is 2. The van der Waals surface area contributed by atoms with E-state index in [-0.39, 0.29) is 36.3 Å². The van der Waals surface area contributed by atoms with Crippen molar-refractivity contribution in [1.82, 2.24) is 0 Å². The van der Waals surface area contributed by atoms with E-state index in [1.807, 2.05) is 0 Å². The third-order valence-corrected chi connectivity index (χ3v) is 7.77. The molecule has 0 aliphatic heterocycles. The molecule has 0 bridgehead atoms. The van der Waals surface area contributed by atoms with Crippen LogP contribution < -0.4 is 15.9 Å². The first-order valence-electron chi connectivity index (χ1n) is 7.08. The van der Waals surface area contributed by atoms with Gasteiger partial charge in [-0.1, -0.05) is 0 Å². The van der Waals surface area contributed by atoms with Gasteiger partial charge in [0, 0.05) is 20.4 Å². The van der Waals surface area contributed by atoms with Crippen molar-refractivity contribution in [2.24, 2.45) is 0 Å². The van der Waals surface area contributed by atoms with Crippen molar-refractivity contribution in [2.75, 3.05) is 0 Å². The molecule has 4 N–H and O–H groups in total. The van der Waals surface area contributed by atoms with Crippen molar-refractivity contribution in [1.29, 1.82) is 0 Å². The van der Waals surface area contributed by atoms with E-state index in [9.17, 15) is 20.0 Å². The Morgan fingerprint density at radius 3 is 1.50 bits per heavy atom. The molecule has 0 saturated carbocycles. The van der Waals surface area contributed by atoms with Crippen LogP contribution in [0.5, 0.6) is 11.5 Å². The average molecular weight is 435 g/mol. The molecule has 4 nitrogen and oxygen atoms in total. The van der Waals surface area contributed by atoms with Crippen LogP contribution in [0.25, 0.3) is 0 Å². The maximum atomic E-state index is 11.6. The van der Waals surface area contributed by atoms with Crippen molar-refractivity contribution in [2.45, 2.75) is 0 Å². The first-order valence-corrected chi connectivity index (χ1v) is 9.23. The van der Waals surface area contributed by atoms with Crippen LogP contribution in [0.3, 0.4) is 0 Å². The van der Waals surface area contributed by atoms with E-state index in [2.05, 4.69) is 0 Å². The number of hydrogen-bond donors (Lipinski definition) is 4. The average Bonchev–Trinajstić information content (AvgIpc) is 2.59. The Morgan fingerprint density at radius 1 is 0.583 bits per heavy atom. The molecule has 0 radical (unpaired) electrons. The Morgan fingerprint density at radius 2 is 1.04 bits per heavy atom. The molecule has 24 heavy (non-hydrogen) atoms. The second-order valence-corrected chi connectivity index (χ2v) is 8.91. The molecule has 0 aliphatic carbocycles. The summed E-state index contributed by atoms with van der Waals surface area (Å²) in [5.74, 6) is -0.922. The van der Waals surface area contributed by atoms with Crippen molar-refractivity contribution in [3.63, 3.8) is 0 Å². The number of phenols is 2. The summed E-state index contributed by atoms with van der Waals surface area (Å²) in [4.78, 5) is 23.2. The van der Waals surface area contributed by atoms with Crippen LogP contribution >= 0.6 is 7.06 Å². The van der Waals surface area contributed by atoms with Gasteiger partial charge in [0.15, 0.2) is 0 Å². The molecule has 3 rings (SSSR count). The summed E-state index contributed by atoms with van der Waals surface area (Å²) >= 11 is 0. The van der Waals surface area contributed by atoms with Crippen molar-refractivity contribution < 1.29 is 40.4 Å².